The molecule has 16 heavy (non-hydrogen) atoms. The molecule has 4 heteroatoms. The fourth-order valence-electron chi connectivity index (χ4n) is 0.940. The molecular formula is C12H24N2OS. The van der Waals surface area contributed by atoms with Crippen LogP contribution in [0.1, 0.15) is 46.6 Å². The second-order valence-electron chi connectivity index (χ2n) is 2.46. The first-order valence-corrected chi connectivity index (χ1v) is 6.76. The van der Waals surface area contributed by atoms with Crippen LogP contribution >= 0.6 is 11.3 Å². The van der Waals surface area contributed by atoms with E-state index in [1.165, 1.54) is 0 Å². The molecule has 0 aliphatic carbocycles. The van der Waals surface area contributed by atoms with Crippen molar-refractivity contribution < 1.29 is 4.79 Å². The van der Waals surface area contributed by atoms with Gasteiger partial charge >= 0.3 is 0 Å². The first-order valence-electron chi connectivity index (χ1n) is 5.88. The summed E-state index contributed by atoms with van der Waals surface area (Å²) in [6.07, 6.45) is 1.76. The van der Waals surface area contributed by atoms with Crippen LogP contribution in [0.15, 0.2) is 11.6 Å². The molecule has 0 spiro atoms. The predicted molar refractivity (Wildman–Crippen MR) is 71.6 cm³/mol. The first kappa shape index (κ1) is 17.5. The fourth-order valence-corrected chi connectivity index (χ4v) is 1.57. The lowest BCUT2D eigenvalue weighted by Gasteiger charge is -2.16. The van der Waals surface area contributed by atoms with E-state index in [9.17, 15) is 4.79 Å². The average molecular weight is 244 g/mol. The number of nitrogens with zero attached hydrogens (tertiary/aromatic N) is 2. The zero-order chi connectivity index (χ0) is 13.0. The highest BCUT2D eigenvalue weighted by Gasteiger charge is 2.07. The Labute approximate surface area is 104 Å². The van der Waals surface area contributed by atoms with Gasteiger partial charge in [0.05, 0.1) is 6.54 Å². The summed E-state index contributed by atoms with van der Waals surface area (Å²) < 4.78 is 0. The summed E-state index contributed by atoms with van der Waals surface area (Å²) in [5.74, 6) is 0.104. The predicted octanol–water partition coefficient (Wildman–Crippen LogP) is 3.56. The van der Waals surface area contributed by atoms with Crippen molar-refractivity contribution in [3.05, 3.63) is 16.6 Å². The first-order chi connectivity index (χ1) is 7.74. The monoisotopic (exact) mass is 244 g/mol. The quantitative estimate of drug-likeness (QED) is 0.814. The number of carbonyl (C=O) groups is 1. The number of aromatic nitrogens is 1. The summed E-state index contributed by atoms with van der Waals surface area (Å²) in [6, 6.07) is 0. The molecule has 0 fully saturated rings. The molecule has 0 unspecified atom stereocenters. The zero-order valence-corrected chi connectivity index (χ0v) is 12.1. The van der Waals surface area contributed by atoms with Gasteiger partial charge in [0.25, 0.3) is 0 Å². The molecule has 0 bridgehead atoms. The lowest BCUT2D eigenvalue weighted by atomic mass is 10.5. The number of carbonyl (C=O) groups excluding carboxylic acids is 1. The number of hydrogen-bond acceptors (Lipinski definition) is 3. The standard InChI is InChI=1S/C8H12N2OS.2C2H6/c1-3-10(7(2)11)6-8-9-4-5-12-8;2*1-2/h4-5H,3,6H2,1-2H3;2*1-2H3. The maximum absolute atomic E-state index is 11.0. The number of thiazole rings is 1. The third kappa shape index (κ3) is 7.40. The van der Waals surface area contributed by atoms with Crippen molar-refractivity contribution in [1.29, 1.82) is 0 Å². The molecule has 1 aromatic heterocycles. The number of hydrogen-bond donors (Lipinski definition) is 0. The van der Waals surface area contributed by atoms with E-state index in [-0.39, 0.29) is 5.91 Å². The fraction of sp³-hybridized carbons (Fsp3) is 0.667. The molecule has 0 N–H and O–H groups in total. The van der Waals surface area contributed by atoms with Crippen molar-refractivity contribution in [2.45, 2.75) is 48.1 Å². The van der Waals surface area contributed by atoms with Crippen molar-refractivity contribution in [1.82, 2.24) is 9.88 Å². The average Bonchev–Trinajstić information content (AvgIpc) is 2.83. The second kappa shape index (κ2) is 12.2. The van der Waals surface area contributed by atoms with E-state index in [1.807, 2.05) is 40.0 Å². The second-order valence-corrected chi connectivity index (χ2v) is 3.44. The summed E-state index contributed by atoms with van der Waals surface area (Å²) in [5.41, 5.74) is 0. The maximum atomic E-state index is 11.0. The van der Waals surface area contributed by atoms with E-state index in [4.69, 9.17) is 0 Å². The lowest BCUT2D eigenvalue weighted by Crippen LogP contribution is -2.27. The van der Waals surface area contributed by atoms with Crippen LogP contribution in [0.3, 0.4) is 0 Å². The number of rotatable bonds is 3. The molecular weight excluding hydrogens is 220 g/mol. The van der Waals surface area contributed by atoms with E-state index in [2.05, 4.69) is 4.98 Å². The molecule has 0 saturated carbocycles. The Morgan fingerprint density at radius 3 is 2.25 bits per heavy atom. The van der Waals surface area contributed by atoms with Crippen molar-refractivity contribution in [2.24, 2.45) is 0 Å². The molecule has 0 radical (unpaired) electrons. The van der Waals surface area contributed by atoms with E-state index in [0.717, 1.165) is 11.6 Å². The highest BCUT2D eigenvalue weighted by molar-refractivity contribution is 7.09. The molecule has 3 nitrogen and oxygen atoms in total. The van der Waals surface area contributed by atoms with Gasteiger partial charge in [-0.1, -0.05) is 27.7 Å². The zero-order valence-electron chi connectivity index (χ0n) is 11.3. The van der Waals surface area contributed by atoms with Gasteiger partial charge in [-0.25, -0.2) is 4.98 Å². The number of amides is 1. The molecule has 1 rings (SSSR count). The highest BCUT2D eigenvalue weighted by atomic mass is 32.1. The minimum absolute atomic E-state index is 0.104. The van der Waals surface area contributed by atoms with Crippen molar-refractivity contribution >= 4 is 17.2 Å². The Hall–Kier alpha value is -0.900. The van der Waals surface area contributed by atoms with E-state index in [1.54, 1.807) is 29.4 Å². The van der Waals surface area contributed by atoms with E-state index in [0.29, 0.717) is 6.54 Å². The van der Waals surface area contributed by atoms with Gasteiger partial charge in [-0.15, -0.1) is 11.3 Å². The van der Waals surface area contributed by atoms with Crippen LogP contribution in [0, 0.1) is 0 Å². The van der Waals surface area contributed by atoms with Gasteiger partial charge in [0.1, 0.15) is 5.01 Å². The Morgan fingerprint density at radius 1 is 1.38 bits per heavy atom. The van der Waals surface area contributed by atoms with Crippen molar-refractivity contribution in [3.63, 3.8) is 0 Å². The van der Waals surface area contributed by atoms with Crippen LogP contribution in [0.2, 0.25) is 0 Å². The molecule has 94 valence electrons. The van der Waals surface area contributed by atoms with Gasteiger partial charge in [-0.05, 0) is 6.92 Å². The summed E-state index contributed by atoms with van der Waals surface area (Å²) in [4.78, 5) is 16.9. The summed E-state index contributed by atoms with van der Waals surface area (Å²) in [7, 11) is 0. The topological polar surface area (TPSA) is 33.2 Å². The SMILES string of the molecule is CC.CC.CCN(Cc1nccs1)C(C)=O. The Bertz CT molecular complexity index is 248. The smallest absolute Gasteiger partial charge is 0.219 e. The van der Waals surface area contributed by atoms with Gasteiger partial charge in [0.2, 0.25) is 5.91 Å². The third-order valence-corrected chi connectivity index (χ3v) is 2.40. The summed E-state index contributed by atoms with van der Waals surface area (Å²) in [5, 5.41) is 2.91. The van der Waals surface area contributed by atoms with Crippen LogP contribution in [0.4, 0.5) is 0 Å². The molecule has 1 heterocycles. The third-order valence-electron chi connectivity index (χ3n) is 1.64. The van der Waals surface area contributed by atoms with Crippen LogP contribution in [0.25, 0.3) is 0 Å². The largest absolute Gasteiger partial charge is 0.336 e. The van der Waals surface area contributed by atoms with Crippen molar-refractivity contribution in [2.75, 3.05) is 6.54 Å². The molecule has 0 aromatic carbocycles. The minimum atomic E-state index is 0.104. The van der Waals surface area contributed by atoms with Gasteiger partial charge < -0.3 is 4.90 Å². The molecule has 0 atom stereocenters. The molecule has 1 amide bonds. The normalized spacial score (nSPS) is 8.12. The lowest BCUT2D eigenvalue weighted by molar-refractivity contribution is -0.129. The molecule has 0 aliphatic rings. The Balaban J connectivity index is 0. The molecule has 0 saturated heterocycles. The van der Waals surface area contributed by atoms with Crippen molar-refractivity contribution in [3.8, 4) is 0 Å². The Kier molecular flexibility index (Phi) is 13.3. The van der Waals surface area contributed by atoms with Gasteiger partial charge in [0.15, 0.2) is 0 Å². The Morgan fingerprint density at radius 2 is 1.94 bits per heavy atom. The van der Waals surface area contributed by atoms with Crippen LogP contribution in [-0.2, 0) is 11.3 Å². The van der Waals surface area contributed by atoms with Crippen LogP contribution in [-0.4, -0.2) is 22.3 Å². The summed E-state index contributed by atoms with van der Waals surface area (Å²) in [6.45, 7) is 12.9. The summed E-state index contributed by atoms with van der Waals surface area (Å²) >= 11 is 1.58. The van der Waals surface area contributed by atoms with Gasteiger partial charge in [-0.3, -0.25) is 4.79 Å². The minimum Gasteiger partial charge on any atom is -0.336 e. The van der Waals surface area contributed by atoms with Crippen LogP contribution < -0.4 is 0 Å². The van der Waals surface area contributed by atoms with E-state index < -0.39 is 0 Å². The maximum Gasteiger partial charge on any atom is 0.219 e. The van der Waals surface area contributed by atoms with Gasteiger partial charge in [-0.2, -0.15) is 0 Å². The molecule has 0 aliphatic heterocycles. The van der Waals surface area contributed by atoms with E-state index >= 15 is 0 Å². The molecule has 1 aromatic rings. The van der Waals surface area contributed by atoms with Crippen LogP contribution in [0.5, 0.6) is 0 Å². The highest BCUT2D eigenvalue weighted by Crippen LogP contribution is 2.07. The van der Waals surface area contributed by atoms with Gasteiger partial charge in [0, 0.05) is 25.0 Å².